The van der Waals surface area contributed by atoms with Crippen LogP contribution < -0.4 is 5.32 Å². The predicted octanol–water partition coefficient (Wildman–Crippen LogP) is 4.76. The van der Waals surface area contributed by atoms with Crippen molar-refractivity contribution in [1.29, 1.82) is 0 Å². The van der Waals surface area contributed by atoms with Crippen LogP contribution in [0.25, 0.3) is 11.4 Å². The second kappa shape index (κ2) is 6.20. The van der Waals surface area contributed by atoms with Crippen LogP contribution in [0.2, 0.25) is 10.0 Å². The number of rotatable bonds is 4. The Bertz CT molecular complexity index is 651. The normalized spacial score (nSPS) is 13.3. The van der Waals surface area contributed by atoms with Gasteiger partial charge in [-0.2, -0.15) is 0 Å². The standard InChI is InChI=1S/C16H17Cl2N3/c1-2-9-19-15-10-5-3-8-13(10)20-16(21-15)14-11(17)6-4-7-12(14)18/h4,6-7H,2-3,5,8-9H2,1H3,(H,19,20,21). The first kappa shape index (κ1) is 14.6. The van der Waals surface area contributed by atoms with Gasteiger partial charge in [-0.1, -0.05) is 36.2 Å². The summed E-state index contributed by atoms with van der Waals surface area (Å²) in [5, 5.41) is 4.58. The number of benzene rings is 1. The van der Waals surface area contributed by atoms with Crippen molar-refractivity contribution in [3.63, 3.8) is 0 Å². The van der Waals surface area contributed by atoms with Crippen molar-refractivity contribution in [3.05, 3.63) is 39.5 Å². The van der Waals surface area contributed by atoms with Gasteiger partial charge in [-0.05, 0) is 37.8 Å². The largest absolute Gasteiger partial charge is 0.370 e. The van der Waals surface area contributed by atoms with E-state index in [9.17, 15) is 0 Å². The number of fused-ring (bicyclic) bond motifs is 1. The van der Waals surface area contributed by atoms with Crippen LogP contribution in [0.15, 0.2) is 18.2 Å². The fraction of sp³-hybridized carbons (Fsp3) is 0.375. The minimum Gasteiger partial charge on any atom is -0.370 e. The van der Waals surface area contributed by atoms with Gasteiger partial charge >= 0.3 is 0 Å². The van der Waals surface area contributed by atoms with Gasteiger partial charge in [0.15, 0.2) is 5.82 Å². The molecule has 3 rings (SSSR count). The molecular weight excluding hydrogens is 305 g/mol. The zero-order chi connectivity index (χ0) is 14.8. The SMILES string of the molecule is CCCNc1nc(-c2c(Cl)cccc2Cl)nc2c1CCC2. The molecule has 0 amide bonds. The van der Waals surface area contributed by atoms with Crippen molar-refractivity contribution in [3.8, 4) is 11.4 Å². The van der Waals surface area contributed by atoms with E-state index in [1.54, 1.807) is 0 Å². The summed E-state index contributed by atoms with van der Waals surface area (Å²) in [7, 11) is 0. The van der Waals surface area contributed by atoms with Crippen LogP contribution in [0, 0.1) is 0 Å². The Hall–Kier alpha value is -1.32. The first-order valence-electron chi connectivity index (χ1n) is 7.28. The van der Waals surface area contributed by atoms with E-state index in [0.29, 0.717) is 15.9 Å². The fourth-order valence-corrected chi connectivity index (χ4v) is 3.21. The van der Waals surface area contributed by atoms with Crippen molar-refractivity contribution < 1.29 is 0 Å². The van der Waals surface area contributed by atoms with Gasteiger partial charge in [0.05, 0.1) is 15.6 Å². The van der Waals surface area contributed by atoms with Crippen LogP contribution in [0.1, 0.15) is 31.0 Å². The lowest BCUT2D eigenvalue weighted by atomic mass is 10.1. The highest BCUT2D eigenvalue weighted by Crippen LogP contribution is 2.35. The molecule has 2 aromatic rings. The molecule has 0 atom stereocenters. The molecule has 0 aliphatic heterocycles. The van der Waals surface area contributed by atoms with E-state index < -0.39 is 0 Å². The highest BCUT2D eigenvalue weighted by Gasteiger charge is 2.21. The molecule has 110 valence electrons. The van der Waals surface area contributed by atoms with Crippen molar-refractivity contribution in [2.24, 2.45) is 0 Å². The molecule has 1 N–H and O–H groups in total. The van der Waals surface area contributed by atoms with Gasteiger partial charge in [0.1, 0.15) is 5.82 Å². The molecule has 21 heavy (non-hydrogen) atoms. The Balaban J connectivity index is 2.11. The molecule has 1 aromatic carbocycles. The third-order valence-corrected chi connectivity index (χ3v) is 4.29. The van der Waals surface area contributed by atoms with Gasteiger partial charge in [-0.25, -0.2) is 9.97 Å². The Morgan fingerprint density at radius 3 is 2.62 bits per heavy atom. The Kier molecular flexibility index (Phi) is 4.32. The maximum Gasteiger partial charge on any atom is 0.164 e. The fourth-order valence-electron chi connectivity index (χ4n) is 2.65. The van der Waals surface area contributed by atoms with E-state index in [-0.39, 0.29) is 0 Å². The lowest BCUT2D eigenvalue weighted by molar-refractivity contribution is 0.899. The van der Waals surface area contributed by atoms with Crippen LogP contribution in [-0.2, 0) is 12.8 Å². The number of nitrogens with zero attached hydrogens (tertiary/aromatic N) is 2. The van der Waals surface area contributed by atoms with E-state index in [0.717, 1.165) is 49.3 Å². The summed E-state index contributed by atoms with van der Waals surface area (Å²) in [5.41, 5.74) is 3.08. The van der Waals surface area contributed by atoms with Gasteiger partial charge in [-0.3, -0.25) is 0 Å². The van der Waals surface area contributed by atoms with Crippen LogP contribution in [0.5, 0.6) is 0 Å². The molecule has 0 saturated carbocycles. The molecule has 1 aliphatic rings. The van der Waals surface area contributed by atoms with E-state index >= 15 is 0 Å². The van der Waals surface area contributed by atoms with Crippen LogP contribution in [-0.4, -0.2) is 16.5 Å². The molecule has 1 heterocycles. The Labute approximate surface area is 134 Å². The predicted molar refractivity (Wildman–Crippen MR) is 88.3 cm³/mol. The average molecular weight is 322 g/mol. The topological polar surface area (TPSA) is 37.8 Å². The highest BCUT2D eigenvalue weighted by molar-refractivity contribution is 6.38. The summed E-state index contributed by atoms with van der Waals surface area (Å²) in [6.07, 6.45) is 4.22. The Morgan fingerprint density at radius 2 is 1.90 bits per heavy atom. The van der Waals surface area contributed by atoms with E-state index in [1.807, 2.05) is 18.2 Å². The first-order valence-corrected chi connectivity index (χ1v) is 8.04. The van der Waals surface area contributed by atoms with Gasteiger partial charge in [0.2, 0.25) is 0 Å². The van der Waals surface area contributed by atoms with E-state index in [2.05, 4.69) is 17.2 Å². The summed E-state index contributed by atoms with van der Waals surface area (Å²) in [5.74, 6) is 1.55. The maximum absolute atomic E-state index is 6.29. The number of nitrogens with one attached hydrogen (secondary N) is 1. The summed E-state index contributed by atoms with van der Waals surface area (Å²) in [6, 6.07) is 5.47. The van der Waals surface area contributed by atoms with E-state index in [4.69, 9.17) is 28.2 Å². The zero-order valence-corrected chi connectivity index (χ0v) is 13.4. The number of aromatic nitrogens is 2. The van der Waals surface area contributed by atoms with Crippen molar-refractivity contribution in [2.75, 3.05) is 11.9 Å². The minimum atomic E-state index is 0.585. The zero-order valence-electron chi connectivity index (χ0n) is 11.9. The molecule has 0 spiro atoms. The maximum atomic E-state index is 6.29. The van der Waals surface area contributed by atoms with Crippen molar-refractivity contribution >= 4 is 29.0 Å². The van der Waals surface area contributed by atoms with Crippen LogP contribution in [0.3, 0.4) is 0 Å². The quantitative estimate of drug-likeness (QED) is 0.882. The van der Waals surface area contributed by atoms with Crippen molar-refractivity contribution in [2.45, 2.75) is 32.6 Å². The summed E-state index contributed by atoms with van der Waals surface area (Å²) in [4.78, 5) is 9.38. The minimum absolute atomic E-state index is 0.585. The molecule has 0 radical (unpaired) electrons. The number of halogens is 2. The van der Waals surface area contributed by atoms with Gasteiger partial charge < -0.3 is 5.32 Å². The Morgan fingerprint density at radius 1 is 1.14 bits per heavy atom. The molecule has 1 aliphatic carbocycles. The van der Waals surface area contributed by atoms with Gasteiger partial charge in [-0.15, -0.1) is 0 Å². The highest BCUT2D eigenvalue weighted by atomic mass is 35.5. The molecule has 0 unspecified atom stereocenters. The second-order valence-electron chi connectivity index (χ2n) is 5.20. The molecule has 0 bridgehead atoms. The van der Waals surface area contributed by atoms with Crippen LogP contribution >= 0.6 is 23.2 Å². The molecule has 0 saturated heterocycles. The van der Waals surface area contributed by atoms with Crippen LogP contribution in [0.4, 0.5) is 5.82 Å². The number of anilines is 1. The lowest BCUT2D eigenvalue weighted by Crippen LogP contribution is -2.08. The van der Waals surface area contributed by atoms with Crippen molar-refractivity contribution in [1.82, 2.24) is 9.97 Å². The first-order chi connectivity index (χ1) is 10.2. The summed E-state index contributed by atoms with van der Waals surface area (Å²) in [6.45, 7) is 3.04. The smallest absolute Gasteiger partial charge is 0.164 e. The molecule has 3 nitrogen and oxygen atoms in total. The second-order valence-corrected chi connectivity index (χ2v) is 6.01. The summed E-state index contributed by atoms with van der Waals surface area (Å²) >= 11 is 12.6. The van der Waals surface area contributed by atoms with Gasteiger partial charge in [0, 0.05) is 17.8 Å². The number of hydrogen-bond acceptors (Lipinski definition) is 3. The lowest BCUT2D eigenvalue weighted by Gasteiger charge is -2.13. The monoisotopic (exact) mass is 321 g/mol. The average Bonchev–Trinajstić information content (AvgIpc) is 2.93. The third kappa shape index (κ3) is 2.85. The molecular formula is C16H17Cl2N3. The summed E-state index contributed by atoms with van der Waals surface area (Å²) < 4.78 is 0. The molecule has 1 aromatic heterocycles. The molecule has 5 heteroatoms. The third-order valence-electron chi connectivity index (χ3n) is 3.66. The van der Waals surface area contributed by atoms with Gasteiger partial charge in [0.25, 0.3) is 0 Å². The number of aryl methyl sites for hydroxylation is 1. The van der Waals surface area contributed by atoms with E-state index in [1.165, 1.54) is 5.56 Å². The number of hydrogen-bond donors (Lipinski definition) is 1. The molecule has 0 fully saturated rings.